The van der Waals surface area contributed by atoms with Crippen LogP contribution in [0.25, 0.3) is 6.08 Å². The molecule has 0 aliphatic carbocycles. The number of nitrogens with zero attached hydrogens (tertiary/aromatic N) is 1. The van der Waals surface area contributed by atoms with Gasteiger partial charge in [-0.3, -0.25) is 4.79 Å². The van der Waals surface area contributed by atoms with Crippen LogP contribution in [0.1, 0.15) is 10.4 Å². The number of carbonyl (C=O) groups excluding carboxylic acids is 1. The number of rotatable bonds is 9. The lowest BCUT2D eigenvalue weighted by molar-refractivity contribution is -0.126. The molecular weight excluding hydrogens is 350 g/mol. The minimum atomic E-state index is -0.0907. The molecule has 0 unspecified atom stereocenters. The normalized spacial score (nSPS) is 10.6. The first-order chi connectivity index (χ1) is 12.6. The van der Waals surface area contributed by atoms with Crippen molar-refractivity contribution in [1.29, 1.82) is 0 Å². The number of amides is 1. The van der Waals surface area contributed by atoms with Gasteiger partial charge in [0.1, 0.15) is 0 Å². The fourth-order valence-electron chi connectivity index (χ4n) is 2.45. The summed E-state index contributed by atoms with van der Waals surface area (Å²) in [5.74, 6) is 1.51. The Morgan fingerprint density at radius 3 is 2.38 bits per heavy atom. The third kappa shape index (κ3) is 4.89. The number of hydrogen-bond donors (Lipinski definition) is 0. The Hall–Kier alpha value is -2.73. The van der Waals surface area contributed by atoms with E-state index in [2.05, 4.69) is 6.58 Å². The lowest BCUT2D eigenvalue weighted by Gasteiger charge is -2.18. The number of benzene rings is 1. The maximum atomic E-state index is 12.6. The monoisotopic (exact) mass is 373 g/mol. The Kier molecular flexibility index (Phi) is 7.29. The van der Waals surface area contributed by atoms with E-state index in [1.54, 1.807) is 61.9 Å². The first kappa shape index (κ1) is 19.6. The van der Waals surface area contributed by atoms with Crippen LogP contribution < -0.4 is 14.2 Å². The maximum Gasteiger partial charge on any atom is 0.247 e. The summed E-state index contributed by atoms with van der Waals surface area (Å²) >= 11 is 1.62. The van der Waals surface area contributed by atoms with Gasteiger partial charge in [-0.15, -0.1) is 17.9 Å². The Bertz CT molecular complexity index is 743. The largest absolute Gasteiger partial charge is 0.493 e. The van der Waals surface area contributed by atoms with Gasteiger partial charge >= 0.3 is 0 Å². The number of thiophene rings is 1. The molecule has 2 rings (SSSR count). The molecule has 1 amide bonds. The summed E-state index contributed by atoms with van der Waals surface area (Å²) in [4.78, 5) is 15.4. The highest BCUT2D eigenvalue weighted by Crippen LogP contribution is 2.38. The molecular formula is C20H23NO4S. The molecule has 6 heteroatoms. The molecule has 138 valence electrons. The van der Waals surface area contributed by atoms with E-state index in [-0.39, 0.29) is 5.91 Å². The molecule has 0 radical (unpaired) electrons. The van der Waals surface area contributed by atoms with E-state index in [9.17, 15) is 4.79 Å². The van der Waals surface area contributed by atoms with Crippen LogP contribution in [0.15, 0.2) is 48.4 Å². The molecule has 1 aromatic carbocycles. The second-order valence-corrected chi connectivity index (χ2v) is 6.41. The number of ether oxygens (including phenoxy) is 3. The SMILES string of the molecule is C=CCN(Cc1cccs1)C(=O)C=Cc1cc(OC)c(OC)c(OC)c1. The Morgan fingerprint density at radius 1 is 1.19 bits per heavy atom. The van der Waals surface area contributed by atoms with Crippen molar-refractivity contribution in [3.8, 4) is 17.2 Å². The van der Waals surface area contributed by atoms with Crippen molar-refractivity contribution < 1.29 is 19.0 Å². The molecule has 0 saturated heterocycles. The van der Waals surface area contributed by atoms with Crippen LogP contribution in [0.4, 0.5) is 0 Å². The van der Waals surface area contributed by atoms with Crippen LogP contribution in [0.5, 0.6) is 17.2 Å². The molecule has 1 heterocycles. The van der Waals surface area contributed by atoms with Crippen molar-refractivity contribution in [2.45, 2.75) is 6.54 Å². The molecule has 0 aliphatic rings. The molecule has 5 nitrogen and oxygen atoms in total. The average Bonchev–Trinajstić information content (AvgIpc) is 3.17. The van der Waals surface area contributed by atoms with Crippen LogP contribution in [0.2, 0.25) is 0 Å². The van der Waals surface area contributed by atoms with Crippen LogP contribution in [-0.4, -0.2) is 38.7 Å². The summed E-state index contributed by atoms with van der Waals surface area (Å²) in [6.45, 7) is 4.77. The minimum Gasteiger partial charge on any atom is -0.493 e. The quantitative estimate of drug-likeness (QED) is 0.492. The highest BCUT2D eigenvalue weighted by atomic mass is 32.1. The number of methoxy groups -OCH3 is 3. The van der Waals surface area contributed by atoms with E-state index in [0.717, 1.165) is 10.4 Å². The lowest BCUT2D eigenvalue weighted by atomic mass is 10.1. The third-order valence-corrected chi connectivity index (χ3v) is 4.55. The van der Waals surface area contributed by atoms with Crippen LogP contribution in [0.3, 0.4) is 0 Å². The second kappa shape index (κ2) is 9.68. The zero-order valence-electron chi connectivity index (χ0n) is 15.2. The van der Waals surface area contributed by atoms with Gasteiger partial charge in [0, 0.05) is 17.5 Å². The molecule has 0 aliphatic heterocycles. The molecule has 0 saturated carbocycles. The van der Waals surface area contributed by atoms with Gasteiger partial charge in [0.15, 0.2) is 11.5 Å². The fraction of sp³-hybridized carbons (Fsp3) is 0.250. The summed E-state index contributed by atoms with van der Waals surface area (Å²) in [5.41, 5.74) is 0.780. The summed E-state index contributed by atoms with van der Waals surface area (Å²) in [7, 11) is 4.67. The maximum absolute atomic E-state index is 12.6. The minimum absolute atomic E-state index is 0.0907. The number of carbonyl (C=O) groups is 1. The van der Waals surface area contributed by atoms with Crippen molar-refractivity contribution in [2.24, 2.45) is 0 Å². The lowest BCUT2D eigenvalue weighted by Crippen LogP contribution is -2.28. The Balaban J connectivity index is 2.20. The van der Waals surface area contributed by atoms with Gasteiger partial charge in [0.25, 0.3) is 0 Å². The zero-order valence-corrected chi connectivity index (χ0v) is 16.0. The van der Waals surface area contributed by atoms with Crippen molar-refractivity contribution >= 4 is 23.3 Å². The zero-order chi connectivity index (χ0) is 18.9. The van der Waals surface area contributed by atoms with Crippen molar-refractivity contribution in [1.82, 2.24) is 4.90 Å². The first-order valence-corrected chi connectivity index (χ1v) is 8.91. The van der Waals surface area contributed by atoms with Gasteiger partial charge in [-0.1, -0.05) is 12.1 Å². The number of hydrogen-bond acceptors (Lipinski definition) is 5. The van der Waals surface area contributed by atoms with Gasteiger partial charge in [-0.2, -0.15) is 0 Å². The van der Waals surface area contributed by atoms with E-state index in [1.165, 1.54) is 6.08 Å². The molecule has 26 heavy (non-hydrogen) atoms. The van der Waals surface area contributed by atoms with Crippen LogP contribution in [0, 0.1) is 0 Å². The van der Waals surface area contributed by atoms with Crippen LogP contribution >= 0.6 is 11.3 Å². The van der Waals surface area contributed by atoms with E-state index in [0.29, 0.717) is 30.3 Å². The van der Waals surface area contributed by atoms with E-state index in [4.69, 9.17) is 14.2 Å². The van der Waals surface area contributed by atoms with Crippen molar-refractivity contribution in [3.63, 3.8) is 0 Å². The van der Waals surface area contributed by atoms with Crippen LogP contribution in [-0.2, 0) is 11.3 Å². The smallest absolute Gasteiger partial charge is 0.247 e. The molecule has 0 fully saturated rings. The fourth-order valence-corrected chi connectivity index (χ4v) is 3.17. The van der Waals surface area contributed by atoms with Gasteiger partial charge < -0.3 is 19.1 Å². The highest BCUT2D eigenvalue weighted by molar-refractivity contribution is 7.09. The van der Waals surface area contributed by atoms with Gasteiger partial charge in [-0.05, 0) is 35.2 Å². The molecule has 0 atom stereocenters. The molecule has 0 N–H and O–H groups in total. The molecule has 0 spiro atoms. The van der Waals surface area contributed by atoms with E-state index >= 15 is 0 Å². The molecule has 2 aromatic rings. The predicted octanol–water partition coefficient (Wildman–Crippen LogP) is 4.00. The topological polar surface area (TPSA) is 48.0 Å². The van der Waals surface area contributed by atoms with E-state index < -0.39 is 0 Å². The third-order valence-electron chi connectivity index (χ3n) is 3.69. The van der Waals surface area contributed by atoms with Gasteiger partial charge in [0.05, 0.1) is 27.9 Å². The first-order valence-electron chi connectivity index (χ1n) is 8.03. The Morgan fingerprint density at radius 2 is 1.88 bits per heavy atom. The van der Waals surface area contributed by atoms with Gasteiger partial charge in [-0.25, -0.2) is 0 Å². The summed E-state index contributed by atoms with van der Waals surface area (Å²) in [6.07, 6.45) is 4.99. The average molecular weight is 373 g/mol. The summed E-state index contributed by atoms with van der Waals surface area (Å²) in [5, 5.41) is 2.00. The van der Waals surface area contributed by atoms with Gasteiger partial charge in [0.2, 0.25) is 11.7 Å². The predicted molar refractivity (Wildman–Crippen MR) is 105 cm³/mol. The summed E-state index contributed by atoms with van der Waals surface area (Å²) < 4.78 is 16.0. The van der Waals surface area contributed by atoms with Crippen molar-refractivity contribution in [2.75, 3.05) is 27.9 Å². The Labute approximate surface area is 158 Å². The summed E-state index contributed by atoms with van der Waals surface area (Å²) in [6, 6.07) is 7.57. The molecule has 1 aromatic heterocycles. The molecule has 0 bridgehead atoms. The van der Waals surface area contributed by atoms with E-state index in [1.807, 2.05) is 17.5 Å². The standard InChI is InChI=1S/C20H23NO4S/c1-5-10-21(14-16-7-6-11-26-16)19(22)9-8-15-12-17(23-2)20(25-4)18(13-15)24-3/h5-9,11-13H,1,10,14H2,2-4H3. The van der Waals surface area contributed by atoms with Crippen molar-refractivity contribution in [3.05, 3.63) is 58.8 Å². The highest BCUT2D eigenvalue weighted by Gasteiger charge is 2.13. The second-order valence-electron chi connectivity index (χ2n) is 5.38.